The summed E-state index contributed by atoms with van der Waals surface area (Å²) in [6.45, 7) is 3.68. The lowest BCUT2D eigenvalue weighted by Gasteiger charge is -2.05. The van der Waals surface area contributed by atoms with E-state index >= 15 is 0 Å². The van der Waals surface area contributed by atoms with Gasteiger partial charge in [-0.1, -0.05) is 23.4 Å². The molecule has 0 aliphatic carbocycles. The minimum Gasteiger partial charge on any atom is -0.361 e. The molecule has 1 amide bonds. The fourth-order valence-corrected chi connectivity index (χ4v) is 3.17. The van der Waals surface area contributed by atoms with Crippen molar-refractivity contribution in [1.29, 1.82) is 0 Å². The van der Waals surface area contributed by atoms with E-state index in [2.05, 4.69) is 15.6 Å². The van der Waals surface area contributed by atoms with E-state index in [1.165, 1.54) is 12.1 Å². The lowest BCUT2D eigenvalue weighted by Crippen LogP contribution is -2.23. The third-order valence-electron chi connectivity index (χ3n) is 4.63. The standard InChI is InChI=1S/C22H19FN4O2/c1-14-20(15(2)29-26-14)22(28)24-12-17-13-27(19-6-4-3-5-7-19)25-21(17)16-8-10-18(23)11-9-16/h3-11,13H,12H2,1-2H3,(H,24,28). The van der Waals surface area contributed by atoms with Gasteiger partial charge in [0, 0.05) is 23.9 Å². The molecule has 0 bridgehead atoms. The predicted molar refractivity (Wildman–Crippen MR) is 106 cm³/mol. The fourth-order valence-electron chi connectivity index (χ4n) is 3.17. The van der Waals surface area contributed by atoms with Crippen LogP contribution in [0.2, 0.25) is 0 Å². The maximum absolute atomic E-state index is 13.4. The van der Waals surface area contributed by atoms with Crippen LogP contribution in [0.1, 0.15) is 27.4 Å². The van der Waals surface area contributed by atoms with Crippen molar-refractivity contribution in [2.75, 3.05) is 0 Å². The van der Waals surface area contributed by atoms with E-state index in [1.807, 2.05) is 36.5 Å². The topological polar surface area (TPSA) is 73.0 Å². The summed E-state index contributed by atoms with van der Waals surface area (Å²) in [5.41, 5.74) is 4.11. The largest absolute Gasteiger partial charge is 0.361 e. The van der Waals surface area contributed by atoms with E-state index in [0.29, 0.717) is 22.7 Å². The smallest absolute Gasteiger partial charge is 0.257 e. The van der Waals surface area contributed by atoms with Crippen LogP contribution in [0, 0.1) is 19.7 Å². The predicted octanol–water partition coefficient (Wildman–Crippen LogP) is 4.21. The average molecular weight is 390 g/mol. The molecule has 0 aliphatic heterocycles. The monoisotopic (exact) mass is 390 g/mol. The number of hydrogen-bond acceptors (Lipinski definition) is 4. The zero-order chi connectivity index (χ0) is 20.4. The molecule has 0 fully saturated rings. The number of halogens is 1. The first-order chi connectivity index (χ1) is 14.0. The number of aromatic nitrogens is 3. The van der Waals surface area contributed by atoms with Gasteiger partial charge in [0.25, 0.3) is 5.91 Å². The van der Waals surface area contributed by atoms with Crippen LogP contribution in [0.4, 0.5) is 4.39 Å². The first kappa shape index (κ1) is 18.6. The zero-order valence-electron chi connectivity index (χ0n) is 16.0. The van der Waals surface area contributed by atoms with Gasteiger partial charge in [0.05, 0.1) is 17.1 Å². The lowest BCUT2D eigenvalue weighted by molar-refractivity contribution is 0.0949. The van der Waals surface area contributed by atoms with Gasteiger partial charge in [0.1, 0.15) is 17.1 Å². The number of nitrogens with zero attached hydrogens (tertiary/aromatic N) is 3. The van der Waals surface area contributed by atoms with E-state index in [9.17, 15) is 9.18 Å². The number of aryl methyl sites for hydroxylation is 2. The van der Waals surface area contributed by atoms with Gasteiger partial charge in [0.2, 0.25) is 0 Å². The number of carbonyl (C=O) groups excluding carboxylic acids is 1. The van der Waals surface area contributed by atoms with Gasteiger partial charge in [-0.15, -0.1) is 0 Å². The van der Waals surface area contributed by atoms with Crippen LogP contribution in [-0.4, -0.2) is 20.8 Å². The summed E-state index contributed by atoms with van der Waals surface area (Å²) in [6, 6.07) is 15.8. The molecule has 0 saturated carbocycles. The Labute approximate surface area is 167 Å². The molecule has 2 aromatic carbocycles. The average Bonchev–Trinajstić information content (AvgIpc) is 3.31. The van der Waals surface area contributed by atoms with Gasteiger partial charge in [0.15, 0.2) is 0 Å². The normalized spacial score (nSPS) is 10.9. The third kappa shape index (κ3) is 3.80. The van der Waals surface area contributed by atoms with Crippen LogP contribution in [-0.2, 0) is 6.54 Å². The number of benzene rings is 2. The summed E-state index contributed by atoms with van der Waals surface area (Å²) in [4.78, 5) is 12.6. The number of para-hydroxylation sites is 1. The Morgan fingerprint density at radius 2 is 1.83 bits per heavy atom. The van der Waals surface area contributed by atoms with Gasteiger partial charge in [-0.05, 0) is 50.2 Å². The van der Waals surface area contributed by atoms with Crippen molar-refractivity contribution >= 4 is 5.91 Å². The van der Waals surface area contributed by atoms with E-state index in [0.717, 1.165) is 16.8 Å². The molecule has 0 aliphatic rings. The molecule has 146 valence electrons. The number of carbonyl (C=O) groups is 1. The molecule has 0 atom stereocenters. The van der Waals surface area contributed by atoms with Gasteiger partial charge in [-0.2, -0.15) is 5.10 Å². The SMILES string of the molecule is Cc1noc(C)c1C(=O)NCc1cn(-c2ccccc2)nc1-c1ccc(F)cc1. The molecular formula is C22H19FN4O2. The molecule has 0 saturated heterocycles. The maximum atomic E-state index is 13.4. The van der Waals surface area contributed by atoms with Crippen molar-refractivity contribution in [2.24, 2.45) is 0 Å². The number of rotatable bonds is 5. The minimum absolute atomic E-state index is 0.252. The van der Waals surface area contributed by atoms with Gasteiger partial charge >= 0.3 is 0 Å². The zero-order valence-corrected chi connectivity index (χ0v) is 16.0. The summed E-state index contributed by atoms with van der Waals surface area (Å²) >= 11 is 0. The number of hydrogen-bond donors (Lipinski definition) is 1. The second-order valence-electron chi connectivity index (χ2n) is 6.67. The van der Waals surface area contributed by atoms with Crippen LogP contribution >= 0.6 is 0 Å². The highest BCUT2D eigenvalue weighted by atomic mass is 19.1. The van der Waals surface area contributed by atoms with Gasteiger partial charge < -0.3 is 9.84 Å². The van der Waals surface area contributed by atoms with Crippen LogP contribution < -0.4 is 5.32 Å². The highest BCUT2D eigenvalue weighted by molar-refractivity contribution is 5.96. The van der Waals surface area contributed by atoms with Crippen molar-refractivity contribution < 1.29 is 13.7 Å². The maximum Gasteiger partial charge on any atom is 0.257 e. The first-order valence-electron chi connectivity index (χ1n) is 9.14. The Bertz CT molecular complexity index is 1130. The first-order valence-corrected chi connectivity index (χ1v) is 9.14. The quantitative estimate of drug-likeness (QED) is 0.554. The third-order valence-corrected chi connectivity index (χ3v) is 4.63. The van der Waals surface area contributed by atoms with Crippen LogP contribution in [0.15, 0.2) is 65.3 Å². The summed E-state index contributed by atoms with van der Waals surface area (Å²) < 4.78 is 20.2. The lowest BCUT2D eigenvalue weighted by atomic mass is 10.1. The van der Waals surface area contributed by atoms with Crippen molar-refractivity contribution in [2.45, 2.75) is 20.4 Å². The van der Waals surface area contributed by atoms with Crippen LogP contribution in [0.25, 0.3) is 16.9 Å². The summed E-state index contributed by atoms with van der Waals surface area (Å²) in [5.74, 6) is -0.109. The van der Waals surface area contributed by atoms with E-state index < -0.39 is 0 Å². The number of nitrogens with one attached hydrogen (secondary N) is 1. The molecule has 0 spiro atoms. The second kappa shape index (κ2) is 7.71. The summed E-state index contributed by atoms with van der Waals surface area (Å²) in [6.07, 6.45) is 1.86. The Balaban J connectivity index is 1.66. The Morgan fingerprint density at radius 1 is 1.10 bits per heavy atom. The molecule has 4 aromatic rings. The van der Waals surface area contributed by atoms with E-state index in [1.54, 1.807) is 30.7 Å². The van der Waals surface area contributed by atoms with Crippen molar-refractivity contribution in [3.8, 4) is 16.9 Å². The molecule has 1 N–H and O–H groups in total. The van der Waals surface area contributed by atoms with E-state index in [-0.39, 0.29) is 18.3 Å². The van der Waals surface area contributed by atoms with Crippen molar-refractivity contribution in [1.82, 2.24) is 20.3 Å². The molecule has 2 heterocycles. The molecule has 4 rings (SSSR count). The van der Waals surface area contributed by atoms with Crippen LogP contribution in [0.5, 0.6) is 0 Å². The Kier molecular flexibility index (Phi) is 4.95. The Morgan fingerprint density at radius 3 is 2.48 bits per heavy atom. The summed E-state index contributed by atoms with van der Waals surface area (Å²) in [5, 5.41) is 11.4. The van der Waals surface area contributed by atoms with Crippen molar-refractivity contribution in [3.05, 3.63) is 89.2 Å². The molecule has 0 unspecified atom stereocenters. The van der Waals surface area contributed by atoms with Gasteiger partial charge in [-0.3, -0.25) is 4.79 Å². The van der Waals surface area contributed by atoms with Gasteiger partial charge in [-0.25, -0.2) is 9.07 Å². The molecule has 6 nitrogen and oxygen atoms in total. The number of amides is 1. The second-order valence-corrected chi connectivity index (χ2v) is 6.67. The van der Waals surface area contributed by atoms with E-state index in [4.69, 9.17) is 4.52 Å². The Hall–Kier alpha value is -3.74. The van der Waals surface area contributed by atoms with Crippen molar-refractivity contribution in [3.63, 3.8) is 0 Å². The molecule has 0 radical (unpaired) electrons. The molecule has 2 aromatic heterocycles. The minimum atomic E-state index is -0.315. The fraction of sp³-hybridized carbons (Fsp3) is 0.136. The summed E-state index contributed by atoms with van der Waals surface area (Å²) in [7, 11) is 0. The highest BCUT2D eigenvalue weighted by Crippen LogP contribution is 2.24. The highest BCUT2D eigenvalue weighted by Gasteiger charge is 2.19. The molecule has 7 heteroatoms. The molecular weight excluding hydrogens is 371 g/mol. The molecule has 29 heavy (non-hydrogen) atoms. The van der Waals surface area contributed by atoms with Crippen LogP contribution in [0.3, 0.4) is 0 Å².